The number of carbonyl (C=O) groups excluding carboxylic acids is 1. The second kappa shape index (κ2) is 7.68. The van der Waals surface area contributed by atoms with E-state index in [2.05, 4.69) is 12.2 Å². The van der Waals surface area contributed by atoms with Gasteiger partial charge in [0, 0.05) is 16.9 Å². The summed E-state index contributed by atoms with van der Waals surface area (Å²) in [5.41, 5.74) is 9.58. The van der Waals surface area contributed by atoms with E-state index >= 15 is 0 Å². The van der Waals surface area contributed by atoms with Gasteiger partial charge in [-0.15, -0.1) is 0 Å². The molecule has 0 heterocycles. The summed E-state index contributed by atoms with van der Waals surface area (Å²) in [5, 5.41) is 2.94. The van der Waals surface area contributed by atoms with E-state index in [1.165, 1.54) is 0 Å². The second-order valence-corrected chi connectivity index (χ2v) is 5.71. The largest absolute Gasteiger partial charge is 0.494 e. The summed E-state index contributed by atoms with van der Waals surface area (Å²) in [7, 11) is 0. The Balaban J connectivity index is 2.10. The molecule has 0 aliphatic carbocycles. The third kappa shape index (κ3) is 4.49. The Morgan fingerprint density at radius 3 is 2.61 bits per heavy atom. The zero-order valence-electron chi connectivity index (χ0n) is 14.0. The summed E-state index contributed by atoms with van der Waals surface area (Å²) in [5.74, 6) is 0.673. The van der Waals surface area contributed by atoms with Crippen molar-refractivity contribution in [2.75, 3.05) is 17.7 Å². The fourth-order valence-corrected chi connectivity index (χ4v) is 2.27. The van der Waals surface area contributed by atoms with Gasteiger partial charge in [0.25, 0.3) is 5.91 Å². The van der Waals surface area contributed by atoms with Gasteiger partial charge in [0.1, 0.15) is 5.75 Å². The first-order chi connectivity index (χ1) is 11.0. The topological polar surface area (TPSA) is 64.3 Å². The lowest BCUT2D eigenvalue weighted by molar-refractivity contribution is 0.102. The van der Waals surface area contributed by atoms with Crippen LogP contribution in [0.3, 0.4) is 0 Å². The summed E-state index contributed by atoms with van der Waals surface area (Å²) in [4.78, 5) is 12.4. The number of rotatable bonds is 6. The van der Waals surface area contributed by atoms with Crippen molar-refractivity contribution in [3.63, 3.8) is 0 Å². The van der Waals surface area contributed by atoms with Crippen molar-refractivity contribution >= 4 is 17.3 Å². The van der Waals surface area contributed by atoms with Gasteiger partial charge in [-0.3, -0.25) is 4.79 Å². The molecule has 0 atom stereocenters. The first-order valence-corrected chi connectivity index (χ1v) is 7.92. The van der Waals surface area contributed by atoms with Crippen LogP contribution in [0.4, 0.5) is 11.4 Å². The first-order valence-electron chi connectivity index (χ1n) is 7.92. The van der Waals surface area contributed by atoms with Gasteiger partial charge in [0.05, 0.1) is 6.61 Å². The molecule has 0 unspecified atom stereocenters. The summed E-state index contributed by atoms with van der Waals surface area (Å²) in [6.07, 6.45) is 2.14. The van der Waals surface area contributed by atoms with Crippen LogP contribution >= 0.6 is 0 Å². The Labute approximate surface area is 137 Å². The van der Waals surface area contributed by atoms with Crippen LogP contribution in [0.1, 0.15) is 41.3 Å². The van der Waals surface area contributed by atoms with E-state index in [9.17, 15) is 4.79 Å². The highest BCUT2D eigenvalue weighted by molar-refractivity contribution is 6.06. The number of nitrogen functional groups attached to an aromatic ring is 1. The van der Waals surface area contributed by atoms with Gasteiger partial charge in [-0.2, -0.15) is 0 Å². The quantitative estimate of drug-likeness (QED) is 0.617. The minimum absolute atomic E-state index is 0.155. The van der Waals surface area contributed by atoms with Gasteiger partial charge in [-0.05, 0) is 61.7 Å². The highest BCUT2D eigenvalue weighted by atomic mass is 16.5. The van der Waals surface area contributed by atoms with Crippen LogP contribution in [0, 0.1) is 13.8 Å². The number of amides is 1. The molecule has 4 nitrogen and oxygen atoms in total. The molecule has 4 heteroatoms. The van der Waals surface area contributed by atoms with Gasteiger partial charge in [0.15, 0.2) is 0 Å². The Bertz CT molecular complexity index is 696. The van der Waals surface area contributed by atoms with Gasteiger partial charge < -0.3 is 15.8 Å². The molecule has 122 valence electrons. The molecule has 2 aromatic rings. The molecule has 23 heavy (non-hydrogen) atoms. The van der Waals surface area contributed by atoms with Crippen molar-refractivity contribution in [2.45, 2.75) is 33.6 Å². The van der Waals surface area contributed by atoms with E-state index in [0.29, 0.717) is 17.9 Å². The van der Waals surface area contributed by atoms with Crippen LogP contribution in [0.5, 0.6) is 5.75 Å². The maximum Gasteiger partial charge on any atom is 0.256 e. The molecular formula is C19H24N2O2. The van der Waals surface area contributed by atoms with Crippen molar-refractivity contribution in [1.82, 2.24) is 0 Å². The summed E-state index contributed by atoms with van der Waals surface area (Å²) in [6, 6.07) is 11.0. The molecule has 0 bridgehead atoms. The van der Waals surface area contributed by atoms with Crippen molar-refractivity contribution in [2.24, 2.45) is 0 Å². The highest BCUT2D eigenvalue weighted by Gasteiger charge is 2.11. The molecule has 0 spiro atoms. The number of nitrogens with one attached hydrogen (secondary N) is 1. The van der Waals surface area contributed by atoms with Crippen molar-refractivity contribution in [3.8, 4) is 5.75 Å². The Morgan fingerprint density at radius 1 is 1.13 bits per heavy atom. The van der Waals surface area contributed by atoms with Gasteiger partial charge in [-0.25, -0.2) is 0 Å². The average molecular weight is 312 g/mol. The van der Waals surface area contributed by atoms with Crippen LogP contribution in [0.25, 0.3) is 0 Å². The zero-order valence-corrected chi connectivity index (χ0v) is 14.0. The highest BCUT2D eigenvalue weighted by Crippen LogP contribution is 2.23. The fraction of sp³-hybridized carbons (Fsp3) is 0.316. The maximum absolute atomic E-state index is 12.4. The lowest BCUT2D eigenvalue weighted by Gasteiger charge is -2.12. The predicted molar refractivity (Wildman–Crippen MR) is 95.1 cm³/mol. The van der Waals surface area contributed by atoms with Crippen LogP contribution in [-0.4, -0.2) is 12.5 Å². The molecule has 2 aromatic carbocycles. The van der Waals surface area contributed by atoms with Crippen LogP contribution in [0.15, 0.2) is 36.4 Å². The summed E-state index contributed by atoms with van der Waals surface area (Å²) < 4.78 is 5.68. The summed E-state index contributed by atoms with van der Waals surface area (Å²) in [6.45, 7) is 6.69. The van der Waals surface area contributed by atoms with Crippen molar-refractivity contribution < 1.29 is 9.53 Å². The third-order valence-corrected chi connectivity index (χ3v) is 3.72. The fourth-order valence-electron chi connectivity index (χ4n) is 2.27. The lowest BCUT2D eigenvalue weighted by Crippen LogP contribution is -2.14. The molecule has 2 rings (SSSR count). The number of hydrogen-bond acceptors (Lipinski definition) is 3. The molecule has 0 aliphatic heterocycles. The average Bonchev–Trinajstić information content (AvgIpc) is 2.52. The molecule has 0 saturated carbocycles. The molecule has 0 aliphatic rings. The number of anilines is 2. The second-order valence-electron chi connectivity index (χ2n) is 5.71. The third-order valence-electron chi connectivity index (χ3n) is 3.72. The van der Waals surface area contributed by atoms with Gasteiger partial charge >= 0.3 is 0 Å². The number of hydrogen-bond donors (Lipinski definition) is 2. The minimum atomic E-state index is -0.155. The van der Waals surface area contributed by atoms with Gasteiger partial charge in [0.2, 0.25) is 0 Å². The molecular weight excluding hydrogens is 288 g/mol. The van der Waals surface area contributed by atoms with Crippen LogP contribution < -0.4 is 15.8 Å². The normalized spacial score (nSPS) is 10.4. The van der Waals surface area contributed by atoms with Crippen molar-refractivity contribution in [3.05, 3.63) is 53.1 Å². The number of carbonyl (C=O) groups is 1. The number of aryl methyl sites for hydroxylation is 2. The SMILES string of the molecule is CCCCOc1ccc(NC(=O)c2cc(N)ccc2C)c(C)c1. The molecule has 1 amide bonds. The maximum atomic E-state index is 12.4. The van der Waals surface area contributed by atoms with E-state index in [1.807, 2.05) is 38.1 Å². The molecule has 0 aromatic heterocycles. The van der Waals surface area contributed by atoms with E-state index in [1.54, 1.807) is 12.1 Å². The monoisotopic (exact) mass is 312 g/mol. The lowest BCUT2D eigenvalue weighted by atomic mass is 10.1. The molecule has 0 fully saturated rings. The Hall–Kier alpha value is -2.49. The van der Waals surface area contributed by atoms with Crippen LogP contribution in [-0.2, 0) is 0 Å². The van der Waals surface area contributed by atoms with Crippen molar-refractivity contribution in [1.29, 1.82) is 0 Å². The first kappa shape index (κ1) is 16.9. The number of ether oxygens (including phenoxy) is 1. The standard InChI is InChI=1S/C19H24N2O2/c1-4-5-10-23-16-8-9-18(14(3)11-16)21-19(22)17-12-15(20)7-6-13(17)2/h6-9,11-12H,4-5,10,20H2,1-3H3,(H,21,22). The van der Waals surface area contributed by atoms with Gasteiger partial charge in [-0.1, -0.05) is 19.4 Å². The smallest absolute Gasteiger partial charge is 0.256 e. The predicted octanol–water partition coefficient (Wildman–Crippen LogP) is 4.32. The molecule has 0 saturated heterocycles. The van der Waals surface area contributed by atoms with Crippen LogP contribution in [0.2, 0.25) is 0 Å². The van der Waals surface area contributed by atoms with E-state index in [4.69, 9.17) is 10.5 Å². The number of unbranched alkanes of at least 4 members (excludes halogenated alkanes) is 1. The summed E-state index contributed by atoms with van der Waals surface area (Å²) >= 11 is 0. The zero-order chi connectivity index (χ0) is 16.8. The minimum Gasteiger partial charge on any atom is -0.494 e. The Kier molecular flexibility index (Phi) is 5.63. The number of benzene rings is 2. The van der Waals surface area contributed by atoms with E-state index in [0.717, 1.165) is 35.4 Å². The van der Waals surface area contributed by atoms with E-state index in [-0.39, 0.29) is 5.91 Å². The Morgan fingerprint density at radius 2 is 1.91 bits per heavy atom. The number of nitrogens with two attached hydrogens (primary N) is 1. The van der Waals surface area contributed by atoms with E-state index < -0.39 is 0 Å². The molecule has 0 radical (unpaired) electrons. The molecule has 3 N–H and O–H groups in total.